The summed E-state index contributed by atoms with van der Waals surface area (Å²) in [4.78, 5) is 8.63. The van der Waals surface area contributed by atoms with Crippen molar-refractivity contribution in [3.8, 4) is 11.1 Å². The molecule has 0 bridgehead atoms. The molecule has 1 N–H and O–H groups in total. The molecule has 0 aliphatic carbocycles. The van der Waals surface area contributed by atoms with Gasteiger partial charge < -0.3 is 19.2 Å². The fourth-order valence-electron chi connectivity index (χ4n) is 9.22. The van der Waals surface area contributed by atoms with Gasteiger partial charge in [-0.2, -0.15) is 0 Å². The number of furan rings is 1. The molecular weight excluding hydrogens is 705 g/mol. The van der Waals surface area contributed by atoms with Crippen molar-refractivity contribution in [2.75, 3.05) is 9.80 Å². The third-order valence-corrected chi connectivity index (χ3v) is 11.8. The zero-order valence-corrected chi connectivity index (χ0v) is 31.8. The molecule has 0 saturated heterocycles. The van der Waals surface area contributed by atoms with Crippen molar-refractivity contribution in [2.45, 2.75) is 6.92 Å². The second-order valence-corrected chi connectivity index (χ2v) is 15.3. The van der Waals surface area contributed by atoms with E-state index in [0.717, 1.165) is 72.6 Å². The minimum absolute atomic E-state index is 0.865. The Morgan fingerprint density at radius 2 is 1.19 bits per heavy atom. The lowest BCUT2D eigenvalue weighted by Gasteiger charge is -2.36. The van der Waals surface area contributed by atoms with E-state index in [0.29, 0.717) is 0 Å². The van der Waals surface area contributed by atoms with E-state index < -0.39 is 0 Å². The highest BCUT2D eigenvalue weighted by molar-refractivity contribution is 6.73. The number of benzene rings is 9. The molecule has 12 rings (SSSR count). The van der Waals surface area contributed by atoms with Crippen LogP contribution in [0.4, 0.5) is 34.1 Å². The summed E-state index contributed by atoms with van der Waals surface area (Å²) < 4.78 is 6.78. The maximum atomic E-state index is 6.78. The van der Waals surface area contributed by atoms with Gasteiger partial charge in [-0.1, -0.05) is 127 Å². The van der Waals surface area contributed by atoms with E-state index in [4.69, 9.17) is 4.42 Å². The molecule has 1 aliphatic heterocycles. The first-order chi connectivity index (χ1) is 28.7. The molecule has 0 saturated carbocycles. The van der Waals surface area contributed by atoms with Crippen molar-refractivity contribution >= 4 is 107 Å². The van der Waals surface area contributed by atoms with Crippen molar-refractivity contribution < 1.29 is 4.42 Å². The molecule has 0 spiro atoms. The molecule has 0 unspecified atom stereocenters. The van der Waals surface area contributed by atoms with Gasteiger partial charge in [0.2, 0.25) is 0 Å². The standard InChI is InChI=1S/C53H35BN3O/c1-33-28-44(41-22-12-21-40-43-30-34-14-8-9-15-35(34)31-46(43)55-52(40)41)51-49(29-33)57(47-24-13-23-42-39-20-10-11-25-50(39)58-53(42)47)48-32-38(26-27-45(48)54-51)56(36-16-4-2-5-17-36)37-18-6-3-7-19-37/h2-32,55H,1H3. The number of hydrogen-bond acceptors (Lipinski definition) is 3. The molecule has 1 aliphatic rings. The van der Waals surface area contributed by atoms with Gasteiger partial charge in [-0.05, 0) is 101 Å². The monoisotopic (exact) mass is 740 g/mol. The Kier molecular flexibility index (Phi) is 7.20. The van der Waals surface area contributed by atoms with Gasteiger partial charge in [-0.15, -0.1) is 0 Å². The van der Waals surface area contributed by atoms with Gasteiger partial charge in [0, 0.05) is 61.1 Å². The molecule has 11 aromatic rings. The molecule has 9 aromatic carbocycles. The van der Waals surface area contributed by atoms with E-state index in [2.05, 4.69) is 211 Å². The summed E-state index contributed by atoms with van der Waals surface area (Å²) in [5.74, 6) is 0. The Labute approximate surface area is 336 Å². The van der Waals surface area contributed by atoms with Crippen LogP contribution in [0.5, 0.6) is 0 Å². The Balaban J connectivity index is 1.12. The molecule has 0 atom stereocenters. The summed E-state index contributed by atoms with van der Waals surface area (Å²) in [5, 5.41) is 7.14. The summed E-state index contributed by atoms with van der Waals surface area (Å²) >= 11 is 0. The summed E-state index contributed by atoms with van der Waals surface area (Å²) in [6.07, 6.45) is 0. The first-order valence-electron chi connectivity index (χ1n) is 19.8. The first-order valence-corrected chi connectivity index (χ1v) is 19.8. The zero-order valence-electron chi connectivity index (χ0n) is 31.8. The van der Waals surface area contributed by atoms with Crippen LogP contribution in [0.2, 0.25) is 0 Å². The number of hydrogen-bond donors (Lipinski definition) is 1. The lowest BCUT2D eigenvalue weighted by Crippen LogP contribution is -2.41. The van der Waals surface area contributed by atoms with Crippen molar-refractivity contribution in [2.24, 2.45) is 0 Å². The average molecular weight is 741 g/mol. The number of fused-ring (bicyclic) bond motifs is 9. The SMILES string of the molecule is Cc1cc(-c2cccc3c2[nH]c2cc4ccccc4cc23)c2c(c1)N(c1cccc3c1oc1ccccc13)c1cc(N(c3ccccc3)c3ccccc3)ccc1[B]2. The van der Waals surface area contributed by atoms with E-state index in [-0.39, 0.29) is 0 Å². The smallest absolute Gasteiger partial charge is 0.197 e. The number of H-pyrrole nitrogens is 1. The number of anilines is 6. The van der Waals surface area contributed by atoms with E-state index in [1.807, 2.05) is 6.07 Å². The first kappa shape index (κ1) is 32.7. The molecule has 58 heavy (non-hydrogen) atoms. The number of aryl methyl sites for hydroxylation is 1. The quantitative estimate of drug-likeness (QED) is 0.179. The topological polar surface area (TPSA) is 35.4 Å². The molecule has 3 heterocycles. The van der Waals surface area contributed by atoms with Gasteiger partial charge in [0.15, 0.2) is 12.9 Å². The maximum Gasteiger partial charge on any atom is 0.197 e. The van der Waals surface area contributed by atoms with Crippen LogP contribution in [0.25, 0.3) is 65.6 Å². The summed E-state index contributed by atoms with van der Waals surface area (Å²) in [6.45, 7) is 2.21. The van der Waals surface area contributed by atoms with Gasteiger partial charge in [0.25, 0.3) is 0 Å². The average Bonchev–Trinajstić information content (AvgIpc) is 3.84. The Bertz CT molecular complexity index is 3360. The van der Waals surface area contributed by atoms with E-state index >= 15 is 0 Å². The minimum Gasteiger partial charge on any atom is -0.454 e. The second-order valence-electron chi connectivity index (χ2n) is 15.3. The van der Waals surface area contributed by atoms with Crippen molar-refractivity contribution in [3.05, 3.63) is 194 Å². The fraction of sp³-hybridized carbons (Fsp3) is 0.0189. The van der Waals surface area contributed by atoms with Crippen molar-refractivity contribution in [3.63, 3.8) is 0 Å². The number of nitrogens with one attached hydrogen (secondary N) is 1. The van der Waals surface area contributed by atoms with Crippen LogP contribution >= 0.6 is 0 Å². The van der Waals surface area contributed by atoms with Crippen molar-refractivity contribution in [1.82, 2.24) is 4.98 Å². The highest BCUT2D eigenvalue weighted by Crippen LogP contribution is 2.46. The van der Waals surface area contributed by atoms with E-state index in [1.54, 1.807) is 0 Å². The number of aromatic nitrogens is 1. The van der Waals surface area contributed by atoms with Crippen molar-refractivity contribution in [1.29, 1.82) is 0 Å². The summed E-state index contributed by atoms with van der Waals surface area (Å²) in [5.41, 5.74) is 16.3. The van der Waals surface area contributed by atoms with Gasteiger partial charge in [0.1, 0.15) is 5.58 Å². The number of nitrogens with zero attached hydrogens (tertiary/aromatic N) is 2. The maximum absolute atomic E-state index is 6.78. The highest BCUT2D eigenvalue weighted by atomic mass is 16.3. The largest absolute Gasteiger partial charge is 0.454 e. The molecule has 5 heteroatoms. The molecule has 1 radical (unpaired) electrons. The van der Waals surface area contributed by atoms with Gasteiger partial charge in [-0.3, -0.25) is 0 Å². The second kappa shape index (κ2) is 12.8. The molecule has 0 fully saturated rings. The minimum atomic E-state index is 0.865. The third kappa shape index (κ3) is 5.03. The zero-order chi connectivity index (χ0) is 38.3. The molecule has 4 nitrogen and oxygen atoms in total. The number of aromatic amines is 1. The predicted molar refractivity (Wildman–Crippen MR) is 245 cm³/mol. The summed E-state index contributed by atoms with van der Waals surface area (Å²) in [7, 11) is 2.38. The molecule has 0 amide bonds. The lowest BCUT2D eigenvalue weighted by atomic mass is 9.58. The van der Waals surface area contributed by atoms with Gasteiger partial charge >= 0.3 is 0 Å². The number of rotatable bonds is 5. The van der Waals surface area contributed by atoms with Crippen LogP contribution in [0.1, 0.15) is 5.56 Å². The Morgan fingerprint density at radius 1 is 0.500 bits per heavy atom. The Morgan fingerprint density at radius 3 is 2.00 bits per heavy atom. The lowest BCUT2D eigenvalue weighted by molar-refractivity contribution is 0.669. The normalized spacial score (nSPS) is 12.3. The van der Waals surface area contributed by atoms with Crippen LogP contribution < -0.4 is 20.7 Å². The van der Waals surface area contributed by atoms with E-state index in [1.165, 1.54) is 43.7 Å². The van der Waals surface area contributed by atoms with Crippen LogP contribution in [0.3, 0.4) is 0 Å². The predicted octanol–water partition coefficient (Wildman–Crippen LogP) is 13.3. The highest BCUT2D eigenvalue weighted by Gasteiger charge is 2.31. The van der Waals surface area contributed by atoms with Gasteiger partial charge in [0.05, 0.1) is 11.2 Å². The van der Waals surface area contributed by atoms with Crippen LogP contribution in [-0.4, -0.2) is 12.3 Å². The summed E-state index contributed by atoms with van der Waals surface area (Å²) in [6, 6.07) is 67.5. The van der Waals surface area contributed by atoms with Gasteiger partial charge in [-0.25, -0.2) is 0 Å². The van der Waals surface area contributed by atoms with Crippen LogP contribution in [-0.2, 0) is 0 Å². The number of para-hydroxylation sites is 5. The third-order valence-electron chi connectivity index (χ3n) is 11.8. The van der Waals surface area contributed by atoms with Crippen LogP contribution in [0.15, 0.2) is 192 Å². The fourth-order valence-corrected chi connectivity index (χ4v) is 9.22. The molecule has 2 aromatic heterocycles. The Hall–Kier alpha value is -7.50. The van der Waals surface area contributed by atoms with Crippen LogP contribution in [0, 0.1) is 6.92 Å². The molecule has 271 valence electrons. The molecular formula is C53H35BN3O. The van der Waals surface area contributed by atoms with E-state index in [9.17, 15) is 0 Å².